The van der Waals surface area contributed by atoms with Crippen LogP contribution in [0.2, 0.25) is 0 Å². The van der Waals surface area contributed by atoms with Gasteiger partial charge in [-0.05, 0) is 25.2 Å². The van der Waals surface area contributed by atoms with Crippen molar-refractivity contribution in [2.24, 2.45) is 11.8 Å². The van der Waals surface area contributed by atoms with E-state index in [9.17, 15) is 9.59 Å². The van der Waals surface area contributed by atoms with E-state index in [2.05, 4.69) is 0 Å². The Balaban J connectivity index is 2.03. The molecule has 2 heterocycles. The van der Waals surface area contributed by atoms with Crippen molar-refractivity contribution in [2.75, 3.05) is 20.8 Å². The largest absolute Gasteiger partial charge is 0.493 e. The smallest absolute Gasteiger partial charge is 0.411 e. The highest BCUT2D eigenvalue weighted by molar-refractivity contribution is 6.10. The third-order valence-electron chi connectivity index (χ3n) is 5.82. The number of carbonyl (C=O) groups is 2. The summed E-state index contributed by atoms with van der Waals surface area (Å²) in [6, 6.07) is 0. The number of hydrogen-bond acceptors (Lipinski definition) is 5. The molecule has 1 saturated carbocycles. The van der Waals surface area contributed by atoms with E-state index in [1.165, 1.54) is 14.2 Å². The SMILES string of the molecule is COC1=C(OC)[C@]23OC(=O)N4CCC[C@H](C[C@@H]2C)[C@@]43C1=O. The van der Waals surface area contributed by atoms with Gasteiger partial charge >= 0.3 is 6.09 Å². The van der Waals surface area contributed by atoms with Crippen LogP contribution in [0.3, 0.4) is 0 Å². The van der Waals surface area contributed by atoms with Crippen LogP contribution < -0.4 is 0 Å². The molecule has 0 aromatic carbocycles. The quantitative estimate of drug-likeness (QED) is 0.771. The van der Waals surface area contributed by atoms with E-state index >= 15 is 0 Å². The van der Waals surface area contributed by atoms with E-state index in [1.54, 1.807) is 4.90 Å². The lowest BCUT2D eigenvalue weighted by molar-refractivity contribution is -0.134. The number of nitrogens with zero attached hydrogens (tertiary/aromatic N) is 1. The van der Waals surface area contributed by atoms with Gasteiger partial charge < -0.3 is 14.2 Å². The van der Waals surface area contributed by atoms with Crippen molar-refractivity contribution in [3.05, 3.63) is 11.5 Å². The van der Waals surface area contributed by atoms with Gasteiger partial charge in [-0.2, -0.15) is 0 Å². The summed E-state index contributed by atoms with van der Waals surface area (Å²) in [6.45, 7) is 2.59. The predicted molar refractivity (Wildman–Crippen MR) is 71.2 cm³/mol. The number of piperidine rings is 1. The minimum atomic E-state index is -1.01. The molecule has 3 fully saturated rings. The summed E-state index contributed by atoms with van der Waals surface area (Å²) in [4.78, 5) is 27.2. The molecule has 1 amide bonds. The molecule has 0 aromatic rings. The molecule has 2 saturated heterocycles. The number of methoxy groups -OCH3 is 2. The first-order valence-corrected chi connectivity index (χ1v) is 7.43. The van der Waals surface area contributed by atoms with Crippen molar-refractivity contribution in [1.82, 2.24) is 4.90 Å². The molecule has 4 atom stereocenters. The molecule has 6 heteroatoms. The molecule has 21 heavy (non-hydrogen) atoms. The van der Waals surface area contributed by atoms with E-state index in [-0.39, 0.29) is 23.4 Å². The lowest BCUT2D eigenvalue weighted by atomic mass is 9.72. The number of amides is 1. The van der Waals surface area contributed by atoms with E-state index in [0.717, 1.165) is 19.3 Å². The van der Waals surface area contributed by atoms with E-state index in [1.807, 2.05) is 6.92 Å². The van der Waals surface area contributed by atoms with Crippen LogP contribution in [0.1, 0.15) is 26.2 Å². The van der Waals surface area contributed by atoms with E-state index in [0.29, 0.717) is 12.3 Å². The van der Waals surface area contributed by atoms with Gasteiger partial charge in [0.05, 0.1) is 14.2 Å². The normalized spacial score (nSPS) is 43.9. The van der Waals surface area contributed by atoms with E-state index in [4.69, 9.17) is 14.2 Å². The lowest BCUT2D eigenvalue weighted by Crippen LogP contribution is -2.64. The molecular weight excluding hydrogens is 274 g/mol. The molecule has 0 bridgehead atoms. The third kappa shape index (κ3) is 1.04. The zero-order chi connectivity index (χ0) is 15.0. The highest BCUT2D eigenvalue weighted by atomic mass is 16.6. The van der Waals surface area contributed by atoms with Gasteiger partial charge in [-0.15, -0.1) is 0 Å². The van der Waals surface area contributed by atoms with Gasteiger partial charge in [-0.25, -0.2) is 4.79 Å². The van der Waals surface area contributed by atoms with Crippen molar-refractivity contribution >= 4 is 11.9 Å². The van der Waals surface area contributed by atoms with Crippen LogP contribution in [0.25, 0.3) is 0 Å². The first-order valence-electron chi connectivity index (χ1n) is 7.43. The summed E-state index contributed by atoms with van der Waals surface area (Å²) >= 11 is 0. The highest BCUT2D eigenvalue weighted by Gasteiger charge is 2.84. The van der Waals surface area contributed by atoms with E-state index < -0.39 is 17.2 Å². The number of ether oxygens (including phenoxy) is 3. The lowest BCUT2D eigenvalue weighted by Gasteiger charge is -2.43. The molecule has 2 aliphatic carbocycles. The maximum atomic E-state index is 13.2. The van der Waals surface area contributed by atoms with Gasteiger partial charge in [0.2, 0.25) is 17.1 Å². The van der Waals surface area contributed by atoms with Gasteiger partial charge in [0.1, 0.15) is 0 Å². The molecule has 0 N–H and O–H groups in total. The van der Waals surface area contributed by atoms with Crippen LogP contribution in [-0.4, -0.2) is 48.7 Å². The van der Waals surface area contributed by atoms with Crippen molar-refractivity contribution in [2.45, 2.75) is 37.3 Å². The fraction of sp³-hybridized carbons (Fsp3) is 0.733. The average Bonchev–Trinajstić information content (AvgIpc) is 2.97. The summed E-state index contributed by atoms with van der Waals surface area (Å²) in [5, 5.41) is 0. The Kier molecular flexibility index (Phi) is 2.30. The standard InChI is InChI=1S/C15H19NO5/c1-8-7-9-5-4-6-16-13(18)21-15(8)12(20-3)10(19-2)11(17)14(9,15)16/h8-9H,4-7H2,1-3H3/t8-,9+,14-,15+/m0/s1. The zero-order valence-electron chi connectivity index (χ0n) is 12.5. The minimum absolute atomic E-state index is 0.0288. The van der Waals surface area contributed by atoms with Crippen molar-refractivity contribution in [1.29, 1.82) is 0 Å². The average molecular weight is 293 g/mol. The number of hydrogen-bond donors (Lipinski definition) is 0. The first-order chi connectivity index (χ1) is 10.1. The number of carbonyl (C=O) groups excluding carboxylic acids is 2. The molecular formula is C15H19NO5. The summed E-state index contributed by atoms with van der Waals surface area (Å²) in [7, 11) is 2.97. The maximum Gasteiger partial charge on any atom is 0.411 e. The number of ketones is 1. The molecule has 4 rings (SSSR count). The van der Waals surface area contributed by atoms with Crippen LogP contribution in [0, 0.1) is 11.8 Å². The van der Waals surface area contributed by atoms with Gasteiger partial charge in [-0.3, -0.25) is 9.69 Å². The Morgan fingerprint density at radius 2 is 2.05 bits per heavy atom. The molecule has 2 aliphatic heterocycles. The van der Waals surface area contributed by atoms with Gasteiger partial charge in [0, 0.05) is 12.5 Å². The number of Topliss-reactive ketones (excluding diaryl/α,β-unsaturated/α-hetero) is 1. The third-order valence-corrected chi connectivity index (χ3v) is 5.82. The fourth-order valence-electron chi connectivity index (χ4n) is 5.26. The Labute approximate surface area is 123 Å². The summed E-state index contributed by atoms with van der Waals surface area (Å²) < 4.78 is 16.7. The monoisotopic (exact) mass is 293 g/mol. The Morgan fingerprint density at radius 3 is 2.71 bits per heavy atom. The second-order valence-corrected chi connectivity index (χ2v) is 6.39. The van der Waals surface area contributed by atoms with Gasteiger partial charge in [-0.1, -0.05) is 6.92 Å². The zero-order valence-corrected chi connectivity index (χ0v) is 12.5. The second kappa shape index (κ2) is 3.72. The molecule has 0 unspecified atom stereocenters. The second-order valence-electron chi connectivity index (χ2n) is 6.39. The topological polar surface area (TPSA) is 65.1 Å². The first kappa shape index (κ1) is 13.0. The van der Waals surface area contributed by atoms with Crippen molar-refractivity contribution in [3.63, 3.8) is 0 Å². The highest BCUT2D eigenvalue weighted by Crippen LogP contribution is 2.67. The molecule has 0 aromatic heterocycles. The van der Waals surface area contributed by atoms with Crippen LogP contribution in [-0.2, 0) is 19.0 Å². The van der Waals surface area contributed by atoms with Crippen LogP contribution in [0.5, 0.6) is 0 Å². The molecule has 1 spiro atoms. The van der Waals surface area contributed by atoms with Crippen LogP contribution >= 0.6 is 0 Å². The Hall–Kier alpha value is -1.72. The van der Waals surface area contributed by atoms with Crippen molar-refractivity contribution < 1.29 is 23.8 Å². The fourth-order valence-corrected chi connectivity index (χ4v) is 5.26. The Bertz CT molecular complexity index is 585. The van der Waals surface area contributed by atoms with Crippen LogP contribution in [0.15, 0.2) is 11.5 Å². The van der Waals surface area contributed by atoms with Crippen molar-refractivity contribution in [3.8, 4) is 0 Å². The van der Waals surface area contributed by atoms with Gasteiger partial charge in [0.15, 0.2) is 11.3 Å². The maximum absolute atomic E-state index is 13.2. The Morgan fingerprint density at radius 1 is 1.29 bits per heavy atom. The molecule has 4 aliphatic rings. The molecule has 6 nitrogen and oxygen atoms in total. The molecule has 114 valence electrons. The summed E-state index contributed by atoms with van der Waals surface area (Å²) in [5.41, 5.74) is -1.95. The van der Waals surface area contributed by atoms with Crippen LogP contribution in [0.4, 0.5) is 4.79 Å². The summed E-state index contributed by atoms with van der Waals surface area (Å²) in [5.74, 6) is 0.594. The number of rotatable bonds is 2. The minimum Gasteiger partial charge on any atom is -0.493 e. The molecule has 0 radical (unpaired) electrons. The van der Waals surface area contributed by atoms with Gasteiger partial charge in [0.25, 0.3) is 0 Å². The summed E-state index contributed by atoms with van der Waals surface area (Å²) in [6.07, 6.45) is 2.30. The predicted octanol–water partition coefficient (Wildman–Crippen LogP) is 1.45.